The highest BCUT2D eigenvalue weighted by atomic mass is 35.5. The molecule has 3 nitrogen and oxygen atoms in total. The van der Waals surface area contributed by atoms with Crippen molar-refractivity contribution in [1.29, 1.82) is 0 Å². The summed E-state index contributed by atoms with van der Waals surface area (Å²) in [6.07, 6.45) is 3.58. The first-order valence-corrected chi connectivity index (χ1v) is 9.28. The topological polar surface area (TPSA) is 34.1 Å². The molecule has 4 rings (SSSR count). The Balaban J connectivity index is 0.00000160. The van der Waals surface area contributed by atoms with E-state index in [2.05, 4.69) is 22.4 Å². The van der Waals surface area contributed by atoms with Crippen molar-refractivity contribution in [3.63, 3.8) is 0 Å². The zero-order chi connectivity index (χ0) is 19.2. The van der Waals surface area contributed by atoms with E-state index >= 15 is 0 Å². The summed E-state index contributed by atoms with van der Waals surface area (Å²) in [5.74, 6) is 0.518. The van der Waals surface area contributed by atoms with Crippen molar-refractivity contribution in [2.45, 2.75) is 19.7 Å². The third kappa shape index (κ3) is 5.70. The highest BCUT2D eigenvalue weighted by Crippen LogP contribution is 2.29. The fourth-order valence-electron chi connectivity index (χ4n) is 3.24. The monoisotopic (exact) mass is 444 g/mol. The largest absolute Gasteiger partial charge is 0.488 e. The van der Waals surface area contributed by atoms with Crippen LogP contribution in [0.25, 0.3) is 10.8 Å². The summed E-state index contributed by atoms with van der Waals surface area (Å²) in [5.41, 5.74) is 2.79. The summed E-state index contributed by atoms with van der Waals surface area (Å²) < 4.78 is 20.0. The van der Waals surface area contributed by atoms with Crippen molar-refractivity contribution in [2.75, 3.05) is 0 Å². The Hall–Kier alpha value is -2.66. The summed E-state index contributed by atoms with van der Waals surface area (Å²) >= 11 is 0. The molecule has 0 radical (unpaired) electrons. The average Bonchev–Trinajstić information content (AvgIpc) is 2.74. The van der Waals surface area contributed by atoms with Crippen molar-refractivity contribution in [2.24, 2.45) is 0 Å². The first-order valence-electron chi connectivity index (χ1n) is 9.28. The molecule has 0 saturated carbocycles. The van der Waals surface area contributed by atoms with Gasteiger partial charge in [0.1, 0.15) is 18.2 Å². The van der Waals surface area contributed by atoms with E-state index in [-0.39, 0.29) is 37.2 Å². The molecule has 0 bridgehead atoms. The lowest BCUT2D eigenvalue weighted by Gasteiger charge is -2.15. The molecule has 30 heavy (non-hydrogen) atoms. The molecule has 0 fully saturated rings. The predicted molar refractivity (Wildman–Crippen MR) is 124 cm³/mol. The van der Waals surface area contributed by atoms with Crippen molar-refractivity contribution in [3.05, 3.63) is 108 Å². The number of ether oxygens (including phenoxy) is 1. The lowest BCUT2D eigenvalue weighted by atomic mass is 10.0. The Morgan fingerprint density at radius 2 is 1.53 bits per heavy atom. The van der Waals surface area contributed by atoms with E-state index in [1.165, 1.54) is 11.6 Å². The molecule has 1 N–H and O–H groups in total. The second kappa shape index (κ2) is 11.5. The number of halogens is 3. The SMILES string of the molecule is Cl.Cl.Fc1ccccc1COc1ccc2ccccc2c1CNCc1ccncc1. The van der Waals surface area contributed by atoms with Crippen molar-refractivity contribution in [1.82, 2.24) is 10.3 Å². The minimum Gasteiger partial charge on any atom is -0.488 e. The molecule has 4 aromatic rings. The molecule has 0 amide bonds. The van der Waals surface area contributed by atoms with Crippen LogP contribution in [0.5, 0.6) is 5.75 Å². The fraction of sp³-hybridized carbons (Fsp3) is 0.125. The van der Waals surface area contributed by atoms with E-state index in [4.69, 9.17) is 4.74 Å². The number of rotatable bonds is 7. The minimum atomic E-state index is -0.249. The lowest BCUT2D eigenvalue weighted by Crippen LogP contribution is -2.14. The molecular formula is C24H23Cl2FN2O. The van der Waals surface area contributed by atoms with Crippen LogP contribution in [0.1, 0.15) is 16.7 Å². The van der Waals surface area contributed by atoms with Crippen LogP contribution in [0.2, 0.25) is 0 Å². The number of aromatic nitrogens is 1. The number of fused-ring (bicyclic) bond motifs is 1. The highest BCUT2D eigenvalue weighted by molar-refractivity contribution is 5.87. The molecule has 1 aromatic heterocycles. The first kappa shape index (κ1) is 23.6. The van der Waals surface area contributed by atoms with Gasteiger partial charge in [0.25, 0.3) is 0 Å². The van der Waals surface area contributed by atoms with Gasteiger partial charge >= 0.3 is 0 Å². The van der Waals surface area contributed by atoms with Gasteiger partial charge in [-0.1, -0.05) is 48.5 Å². The highest BCUT2D eigenvalue weighted by Gasteiger charge is 2.10. The molecule has 156 valence electrons. The van der Waals surface area contributed by atoms with Gasteiger partial charge in [-0.3, -0.25) is 4.98 Å². The molecule has 3 aromatic carbocycles. The summed E-state index contributed by atoms with van der Waals surface area (Å²) in [5, 5.41) is 5.77. The number of nitrogens with one attached hydrogen (secondary N) is 1. The Labute approximate surface area is 188 Å². The van der Waals surface area contributed by atoms with Gasteiger partial charge in [-0.2, -0.15) is 0 Å². The number of pyridine rings is 1. The maximum absolute atomic E-state index is 13.9. The fourth-order valence-corrected chi connectivity index (χ4v) is 3.24. The molecule has 0 aliphatic carbocycles. The molecule has 6 heteroatoms. The van der Waals surface area contributed by atoms with Crippen LogP contribution in [0.4, 0.5) is 4.39 Å². The molecular weight excluding hydrogens is 422 g/mol. The van der Waals surface area contributed by atoms with Crippen LogP contribution >= 0.6 is 24.8 Å². The van der Waals surface area contributed by atoms with E-state index in [0.717, 1.165) is 28.6 Å². The van der Waals surface area contributed by atoms with E-state index in [1.54, 1.807) is 24.5 Å². The van der Waals surface area contributed by atoms with Gasteiger partial charge in [-0.25, -0.2) is 4.39 Å². The van der Waals surface area contributed by atoms with Crippen LogP contribution in [-0.2, 0) is 19.7 Å². The standard InChI is InChI=1S/C24H21FN2O.2ClH/c25-23-8-4-2-6-20(23)17-28-24-10-9-19-5-1-3-7-21(19)22(24)16-27-15-18-11-13-26-14-12-18;;/h1-14,27H,15-17H2;2*1H. The van der Waals surface area contributed by atoms with Gasteiger partial charge in [0.2, 0.25) is 0 Å². The smallest absolute Gasteiger partial charge is 0.129 e. The average molecular weight is 445 g/mol. The number of nitrogens with zero attached hydrogens (tertiary/aromatic N) is 1. The number of benzene rings is 3. The quantitative estimate of drug-likeness (QED) is 0.374. The summed E-state index contributed by atoms with van der Waals surface area (Å²) in [7, 11) is 0. The van der Waals surface area contributed by atoms with Crippen molar-refractivity contribution in [3.8, 4) is 5.75 Å². The molecule has 0 unspecified atom stereocenters. The Kier molecular flexibility index (Phi) is 9.06. The van der Waals surface area contributed by atoms with Crippen LogP contribution in [0.15, 0.2) is 85.2 Å². The first-order chi connectivity index (χ1) is 13.8. The van der Waals surface area contributed by atoms with Crippen LogP contribution in [0.3, 0.4) is 0 Å². The summed E-state index contributed by atoms with van der Waals surface area (Å²) in [6, 6.07) is 22.9. The van der Waals surface area contributed by atoms with Crippen molar-refractivity contribution < 1.29 is 9.13 Å². The minimum absolute atomic E-state index is 0. The second-order valence-electron chi connectivity index (χ2n) is 6.60. The van der Waals surface area contributed by atoms with E-state index in [9.17, 15) is 4.39 Å². The second-order valence-corrected chi connectivity index (χ2v) is 6.60. The zero-order valence-corrected chi connectivity index (χ0v) is 17.9. The van der Waals surface area contributed by atoms with E-state index in [1.807, 2.05) is 42.5 Å². The maximum atomic E-state index is 13.9. The molecule has 0 aliphatic rings. The Bertz CT molecular complexity index is 1080. The normalized spacial score (nSPS) is 10.2. The Morgan fingerprint density at radius 1 is 0.800 bits per heavy atom. The molecule has 0 aliphatic heterocycles. The Morgan fingerprint density at radius 3 is 2.33 bits per heavy atom. The van der Waals surface area contributed by atoms with Gasteiger partial charge in [-0.05, 0) is 40.6 Å². The molecule has 0 atom stereocenters. The van der Waals surface area contributed by atoms with Gasteiger partial charge in [0.05, 0.1) is 0 Å². The van der Waals surface area contributed by atoms with Crippen LogP contribution < -0.4 is 10.1 Å². The zero-order valence-electron chi connectivity index (χ0n) is 16.3. The third-order valence-corrected chi connectivity index (χ3v) is 4.72. The summed E-state index contributed by atoms with van der Waals surface area (Å²) in [6.45, 7) is 1.58. The van der Waals surface area contributed by atoms with E-state index in [0.29, 0.717) is 12.1 Å². The predicted octanol–water partition coefficient (Wildman–Crippen LogP) is 6.09. The van der Waals surface area contributed by atoms with Crippen LogP contribution in [0, 0.1) is 5.82 Å². The van der Waals surface area contributed by atoms with Gasteiger partial charge in [0, 0.05) is 36.6 Å². The van der Waals surface area contributed by atoms with E-state index < -0.39 is 0 Å². The molecule has 0 spiro atoms. The van der Waals surface area contributed by atoms with Crippen LogP contribution in [-0.4, -0.2) is 4.98 Å². The molecule has 0 saturated heterocycles. The summed E-state index contributed by atoms with van der Waals surface area (Å²) in [4.78, 5) is 4.05. The van der Waals surface area contributed by atoms with Gasteiger partial charge < -0.3 is 10.1 Å². The maximum Gasteiger partial charge on any atom is 0.129 e. The molecule has 1 heterocycles. The van der Waals surface area contributed by atoms with Crippen molar-refractivity contribution >= 4 is 35.6 Å². The van der Waals surface area contributed by atoms with Gasteiger partial charge in [0.15, 0.2) is 0 Å². The lowest BCUT2D eigenvalue weighted by molar-refractivity contribution is 0.296. The third-order valence-electron chi connectivity index (χ3n) is 4.72. The number of hydrogen-bond donors (Lipinski definition) is 1. The number of hydrogen-bond acceptors (Lipinski definition) is 3. The van der Waals surface area contributed by atoms with Gasteiger partial charge in [-0.15, -0.1) is 24.8 Å².